The Morgan fingerprint density at radius 1 is 0.611 bits per heavy atom. The number of hydrogen-bond acceptors (Lipinski definition) is 8. The molecule has 0 saturated heterocycles. The molecule has 4 fully saturated rings. The minimum absolute atomic E-state index is 0.00599. The molecule has 1 N–H and O–H groups in total. The molecule has 0 aromatic rings. The number of hydroxylamine groups is 2. The highest BCUT2D eigenvalue weighted by atomic mass is 28.4. The van der Waals surface area contributed by atoms with Gasteiger partial charge in [0.15, 0.2) is 33.3 Å². The van der Waals surface area contributed by atoms with Gasteiger partial charge >= 0.3 is 5.97 Å². The van der Waals surface area contributed by atoms with Gasteiger partial charge in [-0.1, -0.05) is 184 Å². The first kappa shape index (κ1) is 78.2. The Balaban J connectivity index is 0.000000330. The minimum atomic E-state index is -2.01. The molecule has 0 aromatic carbocycles. The molecule has 14 heteroatoms. The average Bonchev–Trinajstić information content (AvgIpc) is 1.59. The fourth-order valence-electron chi connectivity index (χ4n) is 14.1. The van der Waals surface area contributed by atoms with Crippen molar-refractivity contribution in [3.63, 3.8) is 0 Å². The van der Waals surface area contributed by atoms with Gasteiger partial charge in [-0.05, 0) is 213 Å². The van der Waals surface area contributed by atoms with E-state index >= 15 is 0 Å². The summed E-state index contributed by atoms with van der Waals surface area (Å²) < 4.78 is 33.9. The Kier molecular flexibility index (Phi) is 25.9. The Labute approximate surface area is 555 Å². The van der Waals surface area contributed by atoms with Crippen LogP contribution in [-0.2, 0) is 36.9 Å². The van der Waals surface area contributed by atoms with E-state index in [0.717, 1.165) is 101 Å². The number of aliphatic carboxylic acids is 1. The van der Waals surface area contributed by atoms with Gasteiger partial charge in [0.2, 0.25) is 5.91 Å². The van der Waals surface area contributed by atoms with Crippen LogP contribution < -0.4 is 0 Å². The summed E-state index contributed by atoms with van der Waals surface area (Å²) in [5.41, 5.74) is 10.5. The van der Waals surface area contributed by atoms with Crippen LogP contribution in [0.4, 0.5) is 0 Å². The third kappa shape index (κ3) is 18.7. The lowest BCUT2D eigenvalue weighted by Gasteiger charge is -2.45. The number of hydrogen-bond donors (Lipinski definition) is 1. The van der Waals surface area contributed by atoms with E-state index in [4.69, 9.17) is 32.4 Å². The fourth-order valence-corrected chi connectivity index (χ4v) is 19.4. The van der Waals surface area contributed by atoms with Gasteiger partial charge in [0, 0.05) is 19.8 Å². The topological polar surface area (TPSA) is 113 Å². The van der Waals surface area contributed by atoms with Crippen LogP contribution in [0.5, 0.6) is 0 Å². The van der Waals surface area contributed by atoms with Crippen molar-refractivity contribution >= 4 is 45.1 Å². The maximum absolute atomic E-state index is 12.6. The number of carboxylic acid groups (broad SMARTS) is 1. The Morgan fingerprint density at radius 2 is 0.967 bits per heavy atom. The molecule has 10 atom stereocenters. The van der Waals surface area contributed by atoms with Crippen molar-refractivity contribution in [3.05, 3.63) is 94.2 Å². The largest absolute Gasteiger partial charge is 0.480 e. The van der Waals surface area contributed by atoms with Gasteiger partial charge in [0.05, 0.1) is 37.1 Å². The lowest BCUT2D eigenvalue weighted by molar-refractivity contribution is -0.201. The van der Waals surface area contributed by atoms with E-state index in [1.807, 2.05) is 6.92 Å². The zero-order chi connectivity index (χ0) is 68.3. The molecule has 90 heavy (non-hydrogen) atoms. The lowest BCUT2D eigenvalue weighted by Crippen LogP contribution is -2.49. The monoisotopic (exact) mass is 1320 g/mol. The molecule has 6 aliphatic carbocycles. The highest BCUT2D eigenvalue weighted by Crippen LogP contribution is 2.58. The van der Waals surface area contributed by atoms with Crippen molar-refractivity contribution in [1.29, 1.82) is 0 Å². The zero-order valence-electron chi connectivity index (χ0n) is 62.5. The molecule has 0 radical (unpaired) electrons. The second-order valence-electron chi connectivity index (χ2n) is 34.8. The lowest BCUT2D eigenvalue weighted by atomic mass is 9.63. The number of carbonyl (C=O) groups is 2. The van der Waals surface area contributed by atoms with Crippen LogP contribution in [0.3, 0.4) is 0 Å². The van der Waals surface area contributed by atoms with Crippen LogP contribution in [0.25, 0.3) is 0 Å². The number of allylic oxidation sites excluding steroid dienone is 8. The maximum atomic E-state index is 12.6. The number of nitrogens with zero attached hydrogens (tertiary/aromatic N) is 1. The van der Waals surface area contributed by atoms with Crippen LogP contribution in [0.1, 0.15) is 221 Å². The third-order valence-electron chi connectivity index (χ3n) is 24.2. The predicted octanol–water partition coefficient (Wildman–Crippen LogP) is 21.3. The van der Waals surface area contributed by atoms with Crippen molar-refractivity contribution in [2.45, 2.75) is 331 Å². The van der Waals surface area contributed by atoms with Gasteiger partial charge in [-0.3, -0.25) is 9.63 Å². The summed E-state index contributed by atoms with van der Waals surface area (Å²) >= 11 is 0. The van der Waals surface area contributed by atoms with Crippen LogP contribution in [0, 0.1) is 28.6 Å². The molecule has 10 nitrogen and oxygen atoms in total. The molecular weight excluding hydrogens is 1180 g/mol. The standard InChI is InChI=1S/C41H73NO4Si2.C35H60O5Si2/c1-17-32(18-2)28-42(31(5)43)44-30(4)36-23-24-37-33(20-19-25-41(36,37)12)21-22-34-26-35(45-47(13,14)39(6,7)8)27-38(29(34)3)46-48(15,16)40(9,10)11;1-24-27(17-16-26-15-14-20-35(9)29(18-19-30(26)35)25(2)38-23-32(36)37)21-28(39-41(10,11)33(3,4)5)22-31(24)40-42(12,13)34(6,7)8/h21-23,30,32,35,37-38H,3,17-20,24-28H2,1-2,4-16H3;16-18,25,28,30-31H,1,14-15,19-23H2,2-13H3,(H,36,37)/t30-,35+,37?,38-,41+;25-,28+,30?,31-,35+/m00/s1. The summed E-state index contributed by atoms with van der Waals surface area (Å²) in [6, 6.07) is 0. The summed E-state index contributed by atoms with van der Waals surface area (Å²) in [5.74, 6) is 0.392. The van der Waals surface area contributed by atoms with Gasteiger partial charge in [0.25, 0.3) is 0 Å². The quantitative estimate of drug-likeness (QED) is 0.0682. The smallest absolute Gasteiger partial charge is 0.329 e. The second kappa shape index (κ2) is 29.9. The molecule has 1 amide bonds. The highest BCUT2D eigenvalue weighted by Gasteiger charge is 2.51. The van der Waals surface area contributed by atoms with Gasteiger partial charge in [-0.25, -0.2) is 9.86 Å². The fraction of sp³-hybridized carbons (Fsp3) is 0.763. The molecular formula is C76H133NO9Si4. The van der Waals surface area contributed by atoms with Crippen molar-refractivity contribution in [2.75, 3.05) is 13.2 Å². The van der Waals surface area contributed by atoms with Crippen LogP contribution in [-0.4, -0.2) is 105 Å². The third-order valence-corrected chi connectivity index (χ3v) is 42.3. The first-order valence-corrected chi connectivity index (χ1v) is 46.8. The van der Waals surface area contributed by atoms with E-state index in [1.54, 1.807) is 12.0 Å². The number of carbonyl (C=O) groups excluding carboxylic acids is 1. The van der Waals surface area contributed by atoms with E-state index in [9.17, 15) is 9.59 Å². The van der Waals surface area contributed by atoms with E-state index in [-0.39, 0.29) is 80.1 Å². The molecule has 0 aliphatic heterocycles. The second-order valence-corrected chi connectivity index (χ2v) is 53.9. The molecule has 4 saturated carbocycles. The molecule has 2 unspecified atom stereocenters. The Hall–Kier alpha value is -2.51. The number of carboxylic acids is 1. The van der Waals surface area contributed by atoms with Crippen molar-refractivity contribution in [1.82, 2.24) is 5.06 Å². The summed E-state index contributed by atoms with van der Waals surface area (Å²) in [5, 5.41) is 11.3. The van der Waals surface area contributed by atoms with Gasteiger partial charge in [0.1, 0.15) is 12.7 Å². The Bertz CT molecular complexity index is 2730. The van der Waals surface area contributed by atoms with Gasteiger partial charge in [-0.2, -0.15) is 0 Å². The first-order chi connectivity index (χ1) is 41.1. The average molecular weight is 1320 g/mol. The molecule has 512 valence electrons. The zero-order valence-corrected chi connectivity index (χ0v) is 66.5. The molecule has 0 heterocycles. The number of rotatable bonds is 21. The van der Waals surface area contributed by atoms with E-state index in [2.05, 4.69) is 220 Å². The van der Waals surface area contributed by atoms with Crippen LogP contribution in [0.15, 0.2) is 94.2 Å². The normalized spacial score (nSPS) is 29.2. The number of ether oxygens (including phenoxy) is 1. The number of fused-ring (bicyclic) bond motifs is 2. The van der Waals surface area contributed by atoms with E-state index < -0.39 is 39.2 Å². The molecule has 6 aliphatic rings. The molecule has 0 bridgehead atoms. The maximum Gasteiger partial charge on any atom is 0.329 e. The summed E-state index contributed by atoms with van der Waals surface area (Å²) in [7, 11) is -7.94. The minimum Gasteiger partial charge on any atom is -0.480 e. The van der Waals surface area contributed by atoms with Gasteiger partial charge < -0.3 is 27.5 Å². The van der Waals surface area contributed by atoms with Gasteiger partial charge in [-0.15, -0.1) is 0 Å². The van der Waals surface area contributed by atoms with E-state index in [0.29, 0.717) is 24.3 Å². The highest BCUT2D eigenvalue weighted by molar-refractivity contribution is 6.75. The van der Waals surface area contributed by atoms with Crippen molar-refractivity contribution < 1.29 is 42.0 Å². The van der Waals surface area contributed by atoms with E-state index in [1.165, 1.54) is 33.4 Å². The molecule has 0 spiro atoms. The summed E-state index contributed by atoms with van der Waals surface area (Å²) in [4.78, 5) is 30.1. The van der Waals surface area contributed by atoms with Crippen molar-refractivity contribution in [2.24, 2.45) is 28.6 Å². The summed E-state index contributed by atoms with van der Waals surface area (Å²) in [6.45, 7) is 71.2. The van der Waals surface area contributed by atoms with Crippen LogP contribution in [0.2, 0.25) is 72.5 Å². The molecule has 0 aromatic heterocycles. The first-order valence-electron chi connectivity index (χ1n) is 35.1. The predicted molar refractivity (Wildman–Crippen MR) is 389 cm³/mol. The van der Waals surface area contributed by atoms with Crippen molar-refractivity contribution in [3.8, 4) is 0 Å². The SMILES string of the molecule is C=C1C(=CC=C2CCC[C@]3(C)C([C@H](C)OCC(=O)O)=CCC23)C[C@@H](O[Si](C)(C)C(C)(C)C)C[C@@H]1O[Si](C)(C)C(C)(C)C.C=C1C(=CC=C2CCC[C@]3(C)C([C@H](C)ON(CC(CC)CC)C(C)=O)=CCC23)C[C@@H](O[Si](C)(C)C(C)(C)C)C[C@@H]1O[Si](C)(C)C(C)(C)C. The van der Waals surface area contributed by atoms with Crippen LogP contribution >= 0.6 is 0 Å². The summed E-state index contributed by atoms with van der Waals surface area (Å²) in [6.07, 6.45) is 28.5. The number of amides is 1. The Morgan fingerprint density at radius 3 is 1.30 bits per heavy atom. The molecule has 6 rings (SSSR count).